The van der Waals surface area contributed by atoms with Gasteiger partial charge in [-0.25, -0.2) is 15.0 Å². The average Bonchev–Trinajstić information content (AvgIpc) is 3.04. The molecule has 2 aromatic rings. The Morgan fingerprint density at radius 3 is 3.04 bits per heavy atom. The molecule has 0 aromatic carbocycles. The first-order chi connectivity index (χ1) is 11.6. The highest BCUT2D eigenvalue weighted by Gasteiger charge is 2.96. The Hall–Kier alpha value is -1.96. The number of halogens is 1. The van der Waals surface area contributed by atoms with Crippen LogP contribution in [0.3, 0.4) is 0 Å². The minimum atomic E-state index is -1.35. The molecule has 3 N–H and O–H groups in total. The molecule has 0 bridgehead atoms. The Balaban J connectivity index is 1.73. The summed E-state index contributed by atoms with van der Waals surface area (Å²) in [6, 6.07) is 0. The maximum atomic E-state index is 10.4. The van der Waals surface area contributed by atoms with Crippen LogP contribution < -0.4 is 5.73 Å². The molecule has 2 saturated heterocycles. The highest BCUT2D eigenvalue weighted by molar-refractivity contribution is 6.19. The molecule has 1 unspecified atom stereocenters. The zero-order valence-electron chi connectivity index (χ0n) is 12.2. The molecule has 0 amide bonds. The number of aromatic nitrogens is 4. The van der Waals surface area contributed by atoms with Crippen LogP contribution >= 0.6 is 11.6 Å². The Bertz CT molecular complexity index is 914. The van der Waals surface area contributed by atoms with E-state index in [1.54, 1.807) is 4.57 Å². The minimum Gasteiger partial charge on any atom is -0.387 e. The summed E-state index contributed by atoms with van der Waals surface area (Å²) in [5.74, 6) is 2.85. The second-order valence-corrected chi connectivity index (χ2v) is 6.27. The SMILES string of the molecule is C#C[C@@]12OCO[C@@]13C(O)[C@@]3(CCl)O[C@H]2n1cnc2c(N)ncnc21. The molecule has 2 aromatic heterocycles. The van der Waals surface area contributed by atoms with Gasteiger partial charge in [-0.2, -0.15) is 0 Å². The molecule has 5 rings (SSSR count). The molecular weight excluding hydrogens is 338 g/mol. The van der Waals surface area contributed by atoms with Crippen molar-refractivity contribution in [1.29, 1.82) is 0 Å². The van der Waals surface area contributed by atoms with Gasteiger partial charge < -0.3 is 25.1 Å². The van der Waals surface area contributed by atoms with E-state index in [0.717, 1.165) is 0 Å². The number of nitrogen functional groups attached to an aromatic ring is 1. The Morgan fingerprint density at radius 2 is 2.29 bits per heavy atom. The van der Waals surface area contributed by atoms with E-state index in [2.05, 4.69) is 20.9 Å². The average molecular weight is 350 g/mol. The summed E-state index contributed by atoms with van der Waals surface area (Å²) in [6.45, 7) is -0.0660. The first kappa shape index (κ1) is 14.4. The van der Waals surface area contributed by atoms with Gasteiger partial charge in [-0.1, -0.05) is 5.92 Å². The lowest BCUT2D eigenvalue weighted by Crippen LogP contribution is -2.47. The summed E-state index contributed by atoms with van der Waals surface area (Å²) in [7, 11) is 0. The lowest BCUT2D eigenvalue weighted by molar-refractivity contribution is -0.135. The maximum Gasteiger partial charge on any atom is 0.210 e. The van der Waals surface area contributed by atoms with Gasteiger partial charge in [0.2, 0.25) is 5.60 Å². The number of aliphatic hydroxyl groups is 1. The molecule has 9 nitrogen and oxygen atoms in total. The normalized spacial score (nSPS) is 42.7. The third kappa shape index (κ3) is 1.19. The van der Waals surface area contributed by atoms with E-state index < -0.39 is 29.1 Å². The summed E-state index contributed by atoms with van der Waals surface area (Å²) >= 11 is 6.08. The van der Waals surface area contributed by atoms with Gasteiger partial charge in [0.15, 0.2) is 23.3 Å². The van der Waals surface area contributed by atoms with E-state index >= 15 is 0 Å². The monoisotopic (exact) mass is 349 g/mol. The highest BCUT2D eigenvalue weighted by Crippen LogP contribution is 2.72. The number of nitrogens with zero attached hydrogens (tertiary/aromatic N) is 4. The number of imidazole rings is 1. The van der Waals surface area contributed by atoms with Crippen molar-refractivity contribution in [3.8, 4) is 12.3 Å². The maximum absolute atomic E-state index is 10.4. The molecule has 1 saturated carbocycles. The highest BCUT2D eigenvalue weighted by atomic mass is 35.5. The molecule has 1 aliphatic carbocycles. The van der Waals surface area contributed by atoms with E-state index in [1.807, 2.05) is 0 Å². The summed E-state index contributed by atoms with van der Waals surface area (Å²) in [5.41, 5.74) is 2.98. The molecule has 0 radical (unpaired) electrons. The molecule has 3 aliphatic rings. The van der Waals surface area contributed by atoms with E-state index in [4.69, 9.17) is 38.0 Å². The molecule has 2 aliphatic heterocycles. The van der Waals surface area contributed by atoms with Gasteiger partial charge in [-0.3, -0.25) is 4.57 Å². The Kier molecular flexibility index (Phi) is 2.50. The van der Waals surface area contributed by atoms with Crippen LogP contribution in [-0.4, -0.2) is 60.2 Å². The molecule has 4 heterocycles. The Morgan fingerprint density at radius 1 is 1.46 bits per heavy atom. The van der Waals surface area contributed by atoms with Crippen molar-refractivity contribution in [3.63, 3.8) is 0 Å². The van der Waals surface area contributed by atoms with Crippen LogP contribution in [-0.2, 0) is 14.2 Å². The van der Waals surface area contributed by atoms with E-state index in [9.17, 15) is 5.11 Å². The topological polar surface area (TPSA) is 118 Å². The number of hydrogen-bond donors (Lipinski definition) is 2. The summed E-state index contributed by atoms with van der Waals surface area (Å²) < 4.78 is 19.1. The molecular formula is C14H12ClN5O4. The predicted molar refractivity (Wildman–Crippen MR) is 80.6 cm³/mol. The predicted octanol–water partition coefficient (Wildman–Crippen LogP) is -0.596. The van der Waals surface area contributed by atoms with Crippen molar-refractivity contribution in [2.24, 2.45) is 0 Å². The molecule has 10 heteroatoms. The second kappa shape index (κ2) is 4.17. The largest absolute Gasteiger partial charge is 0.387 e. The van der Waals surface area contributed by atoms with Gasteiger partial charge in [0, 0.05) is 0 Å². The van der Waals surface area contributed by atoms with Crippen molar-refractivity contribution in [2.45, 2.75) is 29.1 Å². The number of nitrogens with two attached hydrogens (primary N) is 1. The van der Waals surface area contributed by atoms with Gasteiger partial charge in [0.05, 0.1) is 12.2 Å². The first-order valence-electron chi connectivity index (χ1n) is 7.18. The molecule has 24 heavy (non-hydrogen) atoms. The summed E-state index contributed by atoms with van der Waals surface area (Å²) in [6.07, 6.45) is 6.80. The smallest absolute Gasteiger partial charge is 0.210 e. The van der Waals surface area contributed by atoms with E-state index in [1.165, 1.54) is 12.7 Å². The number of ether oxygens (including phenoxy) is 3. The number of terminal acetylenes is 1. The first-order valence-corrected chi connectivity index (χ1v) is 7.72. The van der Waals surface area contributed by atoms with Gasteiger partial charge in [0.1, 0.15) is 30.3 Å². The molecule has 5 atom stereocenters. The molecule has 1 spiro atoms. The van der Waals surface area contributed by atoms with Crippen molar-refractivity contribution >= 4 is 28.6 Å². The van der Waals surface area contributed by atoms with Crippen LogP contribution in [0.15, 0.2) is 12.7 Å². The second-order valence-electron chi connectivity index (χ2n) is 6.00. The standard InChI is InChI=1S/C14H12ClN5O4/c1-2-12-11(20-5-19-7-8(16)17-4-18-9(7)20)24-13(3-15)10(21)14(12,13)23-6-22-12/h1,4-5,10-11,21H,3,6H2,(H2,16,17,18)/t10?,11-,12+,13-,14+/m1/s1. The zero-order chi connectivity index (χ0) is 16.7. The number of alkyl halides is 1. The third-order valence-electron chi connectivity index (χ3n) is 5.22. The van der Waals surface area contributed by atoms with Gasteiger partial charge in [0.25, 0.3) is 0 Å². The lowest BCUT2D eigenvalue weighted by atomic mass is 9.92. The van der Waals surface area contributed by atoms with Crippen LogP contribution in [0.4, 0.5) is 5.82 Å². The summed E-state index contributed by atoms with van der Waals surface area (Å²) in [5, 5.41) is 10.4. The molecule has 124 valence electrons. The van der Waals surface area contributed by atoms with Crippen LogP contribution in [0.25, 0.3) is 11.2 Å². The van der Waals surface area contributed by atoms with Gasteiger partial charge in [-0.05, 0) is 0 Å². The fraction of sp³-hybridized carbons (Fsp3) is 0.500. The quantitative estimate of drug-likeness (QED) is 0.545. The van der Waals surface area contributed by atoms with Gasteiger partial charge >= 0.3 is 0 Å². The van der Waals surface area contributed by atoms with Crippen LogP contribution in [0, 0.1) is 12.3 Å². The van der Waals surface area contributed by atoms with E-state index in [-0.39, 0.29) is 18.5 Å². The van der Waals surface area contributed by atoms with Gasteiger partial charge in [-0.15, -0.1) is 18.0 Å². The number of hydrogen-bond acceptors (Lipinski definition) is 8. The van der Waals surface area contributed by atoms with E-state index in [0.29, 0.717) is 11.2 Å². The van der Waals surface area contributed by atoms with Crippen molar-refractivity contribution in [2.75, 3.05) is 18.4 Å². The molecule has 3 fully saturated rings. The fourth-order valence-corrected chi connectivity index (χ4v) is 4.42. The zero-order valence-corrected chi connectivity index (χ0v) is 13.0. The fourth-order valence-electron chi connectivity index (χ4n) is 4.02. The van der Waals surface area contributed by atoms with Crippen molar-refractivity contribution in [1.82, 2.24) is 19.5 Å². The number of rotatable bonds is 2. The third-order valence-corrected chi connectivity index (χ3v) is 5.62. The summed E-state index contributed by atoms with van der Waals surface area (Å²) in [4.78, 5) is 12.3. The minimum absolute atomic E-state index is 0.00120. The van der Waals surface area contributed by atoms with Crippen molar-refractivity contribution < 1.29 is 19.3 Å². The lowest BCUT2D eigenvalue weighted by Gasteiger charge is -2.31. The number of anilines is 1. The number of fused-ring (bicyclic) bond motifs is 1. The van der Waals surface area contributed by atoms with Crippen LogP contribution in [0.2, 0.25) is 0 Å². The van der Waals surface area contributed by atoms with Crippen molar-refractivity contribution in [3.05, 3.63) is 12.7 Å². The van der Waals surface area contributed by atoms with Crippen LogP contribution in [0.5, 0.6) is 0 Å². The van der Waals surface area contributed by atoms with Crippen LogP contribution in [0.1, 0.15) is 6.23 Å². The Labute approximate surface area is 140 Å². The number of aliphatic hydroxyl groups excluding tert-OH is 1.